The summed E-state index contributed by atoms with van der Waals surface area (Å²) >= 11 is 0.760. The summed E-state index contributed by atoms with van der Waals surface area (Å²) in [6.07, 6.45) is 0. The third-order valence-electron chi connectivity index (χ3n) is 3.46. The summed E-state index contributed by atoms with van der Waals surface area (Å²) in [7, 11) is -2.45. The van der Waals surface area contributed by atoms with Crippen molar-refractivity contribution in [1.29, 1.82) is 0 Å². The van der Waals surface area contributed by atoms with E-state index < -0.39 is 10.0 Å². The molecule has 1 heterocycles. The maximum absolute atomic E-state index is 12.5. The summed E-state index contributed by atoms with van der Waals surface area (Å²) < 4.78 is 32.1. The maximum atomic E-state index is 12.5. The Morgan fingerprint density at radius 2 is 1.89 bits per heavy atom. The summed E-state index contributed by atoms with van der Waals surface area (Å²) in [5.41, 5.74) is 1.71. The van der Waals surface area contributed by atoms with Gasteiger partial charge in [0.05, 0.1) is 12.8 Å². The van der Waals surface area contributed by atoms with Crippen molar-refractivity contribution in [1.82, 2.24) is 10.2 Å². The molecule has 0 spiro atoms. The molecule has 140 valence electrons. The molecule has 0 fully saturated rings. The number of carbonyl (C=O) groups excluding carboxylic acids is 1. The Kier molecular flexibility index (Phi) is 5.38. The van der Waals surface area contributed by atoms with Crippen LogP contribution in [0.4, 0.5) is 10.8 Å². The van der Waals surface area contributed by atoms with Gasteiger partial charge in [-0.1, -0.05) is 35.1 Å². The molecule has 0 radical (unpaired) electrons. The van der Waals surface area contributed by atoms with Gasteiger partial charge in [-0.05, 0) is 31.2 Å². The van der Waals surface area contributed by atoms with Gasteiger partial charge >= 0.3 is 0 Å². The molecule has 8 nitrogen and oxygen atoms in total. The van der Waals surface area contributed by atoms with E-state index in [0.717, 1.165) is 16.9 Å². The van der Waals surface area contributed by atoms with Crippen LogP contribution in [0.5, 0.6) is 5.75 Å². The number of ether oxygens (including phenoxy) is 1. The number of nitrogens with one attached hydrogen (secondary N) is 2. The molecular formula is C17H16N4O4S2. The zero-order chi connectivity index (χ0) is 19.4. The standard InChI is InChI=1S/C17H16N4O4S2/c1-11-5-3-6-12(9-11)15(22)18-16-19-20-17(26-16)27(23,24)21-13-7-4-8-14(10-13)25-2/h3-10,21H,1-2H3,(H,18,19,22). The van der Waals surface area contributed by atoms with Crippen LogP contribution in [-0.4, -0.2) is 31.6 Å². The van der Waals surface area contributed by atoms with Gasteiger partial charge < -0.3 is 4.74 Å². The highest BCUT2D eigenvalue weighted by atomic mass is 32.2. The van der Waals surface area contributed by atoms with Crippen LogP contribution in [0.1, 0.15) is 15.9 Å². The van der Waals surface area contributed by atoms with Crippen molar-refractivity contribution in [2.45, 2.75) is 11.3 Å². The number of hydrogen-bond donors (Lipinski definition) is 2. The van der Waals surface area contributed by atoms with E-state index in [-0.39, 0.29) is 15.4 Å². The molecule has 0 saturated carbocycles. The van der Waals surface area contributed by atoms with E-state index in [1.807, 2.05) is 13.0 Å². The number of benzene rings is 2. The monoisotopic (exact) mass is 404 g/mol. The van der Waals surface area contributed by atoms with Crippen LogP contribution in [0.3, 0.4) is 0 Å². The van der Waals surface area contributed by atoms with Gasteiger partial charge in [0.15, 0.2) is 0 Å². The first-order valence-corrected chi connectivity index (χ1v) is 10.1. The molecule has 2 aromatic carbocycles. The molecule has 1 aromatic heterocycles. The van der Waals surface area contributed by atoms with Crippen molar-refractivity contribution >= 4 is 38.1 Å². The smallest absolute Gasteiger partial charge is 0.291 e. The van der Waals surface area contributed by atoms with Gasteiger partial charge in [-0.3, -0.25) is 14.8 Å². The molecule has 0 aliphatic heterocycles. The quantitative estimate of drug-likeness (QED) is 0.611. The topological polar surface area (TPSA) is 110 Å². The van der Waals surface area contributed by atoms with Crippen LogP contribution >= 0.6 is 11.3 Å². The van der Waals surface area contributed by atoms with Crippen molar-refractivity contribution in [3.8, 4) is 5.75 Å². The normalized spacial score (nSPS) is 11.0. The summed E-state index contributed by atoms with van der Waals surface area (Å²) in [6, 6.07) is 13.5. The molecule has 2 N–H and O–H groups in total. The van der Waals surface area contributed by atoms with Crippen LogP contribution in [0, 0.1) is 6.92 Å². The van der Waals surface area contributed by atoms with E-state index in [4.69, 9.17) is 4.74 Å². The van der Waals surface area contributed by atoms with Crippen LogP contribution in [-0.2, 0) is 10.0 Å². The average molecular weight is 404 g/mol. The van der Waals surface area contributed by atoms with Gasteiger partial charge in [0.1, 0.15) is 5.75 Å². The number of rotatable bonds is 6. The van der Waals surface area contributed by atoms with Crippen molar-refractivity contribution < 1.29 is 17.9 Å². The molecular weight excluding hydrogens is 388 g/mol. The third-order valence-corrected chi connectivity index (χ3v) is 6.05. The Labute approximate surface area is 160 Å². The lowest BCUT2D eigenvalue weighted by atomic mass is 10.1. The number of sulfonamides is 1. The number of carbonyl (C=O) groups is 1. The second-order valence-corrected chi connectivity index (χ2v) is 8.37. The SMILES string of the molecule is COc1cccc(NS(=O)(=O)c2nnc(NC(=O)c3cccc(C)c3)s2)c1. The van der Waals surface area contributed by atoms with Crippen LogP contribution < -0.4 is 14.8 Å². The zero-order valence-electron chi connectivity index (χ0n) is 14.5. The Hall–Kier alpha value is -2.98. The molecule has 27 heavy (non-hydrogen) atoms. The molecule has 3 aromatic rings. The minimum atomic E-state index is -3.94. The molecule has 1 amide bonds. The lowest BCUT2D eigenvalue weighted by Crippen LogP contribution is -2.12. The van der Waals surface area contributed by atoms with Crippen molar-refractivity contribution in [3.05, 3.63) is 59.7 Å². The highest BCUT2D eigenvalue weighted by Crippen LogP contribution is 2.24. The molecule has 10 heteroatoms. The van der Waals surface area contributed by atoms with Crippen molar-refractivity contribution in [3.63, 3.8) is 0 Å². The summed E-state index contributed by atoms with van der Waals surface area (Å²) in [5, 5.41) is 10.0. The van der Waals surface area contributed by atoms with Gasteiger partial charge in [0.25, 0.3) is 20.3 Å². The fraction of sp³-hybridized carbons (Fsp3) is 0.118. The minimum absolute atomic E-state index is 0.0903. The zero-order valence-corrected chi connectivity index (χ0v) is 16.1. The molecule has 3 rings (SSSR count). The molecule has 0 saturated heterocycles. The van der Waals surface area contributed by atoms with Crippen LogP contribution in [0.25, 0.3) is 0 Å². The lowest BCUT2D eigenvalue weighted by molar-refractivity contribution is 0.102. The number of hydrogen-bond acceptors (Lipinski definition) is 7. The van der Waals surface area contributed by atoms with Crippen LogP contribution in [0.15, 0.2) is 52.9 Å². The third kappa shape index (κ3) is 4.60. The second-order valence-electron chi connectivity index (χ2n) is 5.53. The number of aromatic nitrogens is 2. The Balaban J connectivity index is 1.75. The summed E-state index contributed by atoms with van der Waals surface area (Å²) in [5.74, 6) is 0.123. The minimum Gasteiger partial charge on any atom is -0.497 e. The fourth-order valence-corrected chi connectivity index (χ4v) is 4.16. The first-order chi connectivity index (χ1) is 12.9. The van der Waals surface area contributed by atoms with Gasteiger partial charge in [-0.15, -0.1) is 10.2 Å². The predicted molar refractivity (Wildman–Crippen MR) is 103 cm³/mol. The Morgan fingerprint density at radius 3 is 2.63 bits per heavy atom. The number of nitrogens with zero attached hydrogens (tertiary/aromatic N) is 2. The van der Waals surface area contributed by atoms with Crippen molar-refractivity contribution in [2.24, 2.45) is 0 Å². The highest BCUT2D eigenvalue weighted by molar-refractivity contribution is 7.94. The lowest BCUT2D eigenvalue weighted by Gasteiger charge is -2.06. The summed E-state index contributed by atoms with van der Waals surface area (Å²) in [4.78, 5) is 12.2. The molecule has 0 aliphatic rings. The molecule has 0 unspecified atom stereocenters. The van der Waals surface area contributed by atoms with E-state index in [1.54, 1.807) is 42.5 Å². The number of methoxy groups -OCH3 is 1. The maximum Gasteiger partial charge on any atom is 0.291 e. The van der Waals surface area contributed by atoms with E-state index >= 15 is 0 Å². The Morgan fingerprint density at radius 1 is 1.11 bits per heavy atom. The predicted octanol–water partition coefficient (Wildman–Crippen LogP) is 2.91. The van der Waals surface area contributed by atoms with Gasteiger partial charge in [-0.25, -0.2) is 0 Å². The molecule has 0 bridgehead atoms. The molecule has 0 aliphatic carbocycles. The van der Waals surface area contributed by atoms with Gasteiger partial charge in [0, 0.05) is 11.6 Å². The number of anilines is 2. The molecule has 0 atom stereocenters. The van der Waals surface area contributed by atoms with Gasteiger partial charge in [-0.2, -0.15) is 8.42 Å². The average Bonchev–Trinajstić information content (AvgIpc) is 3.11. The Bertz CT molecular complexity index is 1080. The fourth-order valence-electron chi connectivity index (χ4n) is 2.21. The van der Waals surface area contributed by atoms with E-state index in [1.165, 1.54) is 7.11 Å². The largest absolute Gasteiger partial charge is 0.497 e. The first-order valence-electron chi connectivity index (χ1n) is 7.76. The highest BCUT2D eigenvalue weighted by Gasteiger charge is 2.21. The number of amides is 1. The van der Waals surface area contributed by atoms with Gasteiger partial charge in [0.2, 0.25) is 5.13 Å². The summed E-state index contributed by atoms with van der Waals surface area (Å²) in [6.45, 7) is 1.87. The van der Waals surface area contributed by atoms with E-state index in [9.17, 15) is 13.2 Å². The first kappa shape index (κ1) is 18.8. The van der Waals surface area contributed by atoms with E-state index in [0.29, 0.717) is 17.0 Å². The van der Waals surface area contributed by atoms with E-state index in [2.05, 4.69) is 20.2 Å². The number of aryl methyl sites for hydroxylation is 1. The second kappa shape index (κ2) is 7.72. The van der Waals surface area contributed by atoms with Crippen LogP contribution in [0.2, 0.25) is 0 Å². The van der Waals surface area contributed by atoms with Crippen molar-refractivity contribution in [2.75, 3.05) is 17.1 Å².